The monoisotopic (exact) mass is 247 g/mol. The Kier molecular flexibility index (Phi) is 4.23. The summed E-state index contributed by atoms with van der Waals surface area (Å²) in [6.07, 6.45) is 3.80. The second-order valence-corrected chi connectivity index (χ2v) is 5.40. The lowest BCUT2D eigenvalue weighted by molar-refractivity contribution is 0.668. The molecule has 3 nitrogen and oxygen atoms in total. The highest BCUT2D eigenvalue weighted by Crippen LogP contribution is 2.32. The molecule has 18 heavy (non-hydrogen) atoms. The molecule has 0 saturated heterocycles. The Labute approximate surface area is 111 Å². The van der Waals surface area contributed by atoms with E-state index < -0.39 is 0 Å². The number of nitrogens with zero attached hydrogens (tertiary/aromatic N) is 2. The predicted octanol–water partition coefficient (Wildman–Crippen LogP) is 2.80. The molecule has 100 valence electrons. The van der Waals surface area contributed by atoms with Crippen LogP contribution in [0.15, 0.2) is 6.07 Å². The number of rotatable bonds is 6. The molecule has 1 saturated carbocycles. The molecule has 2 rings (SSSR count). The first kappa shape index (κ1) is 13.3. The molecule has 0 amide bonds. The van der Waals surface area contributed by atoms with E-state index in [-0.39, 0.29) is 0 Å². The number of pyridine rings is 1. The van der Waals surface area contributed by atoms with Gasteiger partial charge in [0.15, 0.2) is 0 Å². The summed E-state index contributed by atoms with van der Waals surface area (Å²) in [7, 11) is 2.18. The van der Waals surface area contributed by atoms with Crippen molar-refractivity contribution in [3.05, 3.63) is 22.9 Å². The minimum atomic E-state index is 0.712. The van der Waals surface area contributed by atoms with E-state index in [9.17, 15) is 0 Å². The van der Waals surface area contributed by atoms with Gasteiger partial charge in [-0.05, 0) is 51.3 Å². The van der Waals surface area contributed by atoms with Gasteiger partial charge in [0.1, 0.15) is 5.82 Å². The van der Waals surface area contributed by atoms with Crippen LogP contribution in [0.1, 0.15) is 43.0 Å². The van der Waals surface area contributed by atoms with Crippen LogP contribution in [0.25, 0.3) is 0 Å². The second-order valence-electron chi connectivity index (χ2n) is 5.40. The van der Waals surface area contributed by atoms with Crippen molar-refractivity contribution in [3.8, 4) is 0 Å². The average molecular weight is 247 g/mol. The molecule has 1 aliphatic rings. The van der Waals surface area contributed by atoms with Crippen molar-refractivity contribution in [2.45, 2.75) is 52.6 Å². The SMILES string of the molecule is CCCNCc1c(C)cc(C)nc1N(C)C1CC1. The zero-order valence-corrected chi connectivity index (χ0v) is 12.1. The molecular weight excluding hydrogens is 222 g/mol. The molecule has 0 radical (unpaired) electrons. The Bertz CT molecular complexity index is 410. The summed E-state index contributed by atoms with van der Waals surface area (Å²) in [4.78, 5) is 7.12. The molecule has 3 heteroatoms. The number of nitrogens with one attached hydrogen (secondary N) is 1. The van der Waals surface area contributed by atoms with Crippen molar-refractivity contribution in [2.24, 2.45) is 0 Å². The highest BCUT2D eigenvalue weighted by molar-refractivity contribution is 5.52. The lowest BCUT2D eigenvalue weighted by atomic mass is 10.1. The third-order valence-electron chi connectivity index (χ3n) is 3.61. The van der Waals surface area contributed by atoms with Crippen LogP contribution >= 0.6 is 0 Å². The van der Waals surface area contributed by atoms with Gasteiger partial charge in [-0.2, -0.15) is 0 Å². The third kappa shape index (κ3) is 3.02. The van der Waals surface area contributed by atoms with E-state index in [0.29, 0.717) is 6.04 Å². The topological polar surface area (TPSA) is 28.2 Å². The van der Waals surface area contributed by atoms with Gasteiger partial charge >= 0.3 is 0 Å². The summed E-state index contributed by atoms with van der Waals surface area (Å²) < 4.78 is 0. The van der Waals surface area contributed by atoms with Gasteiger partial charge in [-0.15, -0.1) is 0 Å². The smallest absolute Gasteiger partial charge is 0.133 e. The van der Waals surface area contributed by atoms with Gasteiger partial charge in [-0.3, -0.25) is 0 Å². The third-order valence-corrected chi connectivity index (χ3v) is 3.61. The van der Waals surface area contributed by atoms with Gasteiger partial charge in [0.2, 0.25) is 0 Å². The summed E-state index contributed by atoms with van der Waals surface area (Å²) in [6.45, 7) is 8.48. The number of anilines is 1. The van der Waals surface area contributed by atoms with Crippen LogP contribution in [0.5, 0.6) is 0 Å². The zero-order valence-electron chi connectivity index (χ0n) is 12.1. The van der Waals surface area contributed by atoms with Crippen LogP contribution in [0.2, 0.25) is 0 Å². The zero-order chi connectivity index (χ0) is 13.1. The van der Waals surface area contributed by atoms with Crippen LogP contribution < -0.4 is 10.2 Å². The van der Waals surface area contributed by atoms with Crippen molar-refractivity contribution in [2.75, 3.05) is 18.5 Å². The van der Waals surface area contributed by atoms with Crippen molar-refractivity contribution in [1.82, 2.24) is 10.3 Å². The Hall–Kier alpha value is -1.09. The molecule has 1 aromatic heterocycles. The van der Waals surface area contributed by atoms with E-state index in [0.717, 1.165) is 18.8 Å². The Morgan fingerprint density at radius 3 is 2.72 bits per heavy atom. The number of hydrogen-bond donors (Lipinski definition) is 1. The first-order valence-electron chi connectivity index (χ1n) is 7.04. The minimum absolute atomic E-state index is 0.712. The van der Waals surface area contributed by atoms with Crippen LogP contribution in [0.4, 0.5) is 5.82 Å². The van der Waals surface area contributed by atoms with Gasteiger partial charge in [0, 0.05) is 30.9 Å². The summed E-state index contributed by atoms with van der Waals surface area (Å²) in [5, 5.41) is 3.50. The minimum Gasteiger partial charge on any atom is -0.356 e. The quantitative estimate of drug-likeness (QED) is 0.784. The highest BCUT2D eigenvalue weighted by atomic mass is 15.2. The lowest BCUT2D eigenvalue weighted by Crippen LogP contribution is -2.25. The van der Waals surface area contributed by atoms with Crippen LogP contribution in [0, 0.1) is 13.8 Å². The number of aryl methyl sites for hydroxylation is 2. The molecule has 0 spiro atoms. The van der Waals surface area contributed by atoms with Crippen LogP contribution in [-0.4, -0.2) is 24.6 Å². The van der Waals surface area contributed by atoms with Crippen molar-refractivity contribution >= 4 is 5.82 Å². The molecule has 0 aromatic carbocycles. The maximum Gasteiger partial charge on any atom is 0.133 e. The maximum absolute atomic E-state index is 4.76. The number of hydrogen-bond acceptors (Lipinski definition) is 3. The van der Waals surface area contributed by atoms with Gasteiger partial charge in [0.05, 0.1) is 0 Å². The average Bonchev–Trinajstić information content (AvgIpc) is 3.14. The molecule has 1 aromatic rings. The Morgan fingerprint density at radius 1 is 1.39 bits per heavy atom. The van der Waals surface area contributed by atoms with Crippen LogP contribution in [0.3, 0.4) is 0 Å². The van der Waals surface area contributed by atoms with E-state index >= 15 is 0 Å². The summed E-state index contributed by atoms with van der Waals surface area (Å²) in [6, 6.07) is 2.90. The van der Waals surface area contributed by atoms with E-state index in [2.05, 4.69) is 44.1 Å². The molecule has 0 aliphatic heterocycles. The molecule has 0 atom stereocenters. The van der Waals surface area contributed by atoms with Crippen molar-refractivity contribution in [3.63, 3.8) is 0 Å². The van der Waals surface area contributed by atoms with Gasteiger partial charge in [-0.25, -0.2) is 4.98 Å². The van der Waals surface area contributed by atoms with E-state index in [4.69, 9.17) is 4.98 Å². The summed E-state index contributed by atoms with van der Waals surface area (Å²) >= 11 is 0. The van der Waals surface area contributed by atoms with E-state index in [1.165, 1.54) is 36.2 Å². The Morgan fingerprint density at radius 2 is 2.11 bits per heavy atom. The molecule has 1 aliphatic carbocycles. The maximum atomic E-state index is 4.76. The fourth-order valence-corrected chi connectivity index (χ4v) is 2.38. The summed E-state index contributed by atoms with van der Waals surface area (Å²) in [5.41, 5.74) is 3.84. The predicted molar refractivity (Wildman–Crippen MR) is 77.1 cm³/mol. The fraction of sp³-hybridized carbons (Fsp3) is 0.667. The fourth-order valence-electron chi connectivity index (χ4n) is 2.38. The van der Waals surface area contributed by atoms with Gasteiger partial charge in [-0.1, -0.05) is 6.92 Å². The molecule has 0 bridgehead atoms. The van der Waals surface area contributed by atoms with Crippen LogP contribution in [-0.2, 0) is 6.54 Å². The molecule has 1 heterocycles. The van der Waals surface area contributed by atoms with Gasteiger partial charge < -0.3 is 10.2 Å². The Balaban J connectivity index is 2.23. The molecule has 0 unspecified atom stereocenters. The number of aromatic nitrogens is 1. The second kappa shape index (κ2) is 5.70. The molecular formula is C15H25N3. The normalized spacial score (nSPS) is 14.9. The molecule has 1 N–H and O–H groups in total. The van der Waals surface area contributed by atoms with Gasteiger partial charge in [0.25, 0.3) is 0 Å². The largest absolute Gasteiger partial charge is 0.356 e. The van der Waals surface area contributed by atoms with Crippen molar-refractivity contribution < 1.29 is 0 Å². The summed E-state index contributed by atoms with van der Waals surface area (Å²) in [5.74, 6) is 1.18. The first-order chi connectivity index (χ1) is 8.63. The standard InChI is InChI=1S/C15H25N3/c1-5-8-16-10-14-11(2)9-12(3)17-15(14)18(4)13-6-7-13/h9,13,16H,5-8,10H2,1-4H3. The highest BCUT2D eigenvalue weighted by Gasteiger charge is 2.28. The first-order valence-corrected chi connectivity index (χ1v) is 7.04. The van der Waals surface area contributed by atoms with Crippen molar-refractivity contribution in [1.29, 1.82) is 0 Å². The van der Waals surface area contributed by atoms with E-state index in [1.807, 2.05) is 0 Å². The lowest BCUT2D eigenvalue weighted by Gasteiger charge is -2.23. The molecule has 1 fully saturated rings. The van der Waals surface area contributed by atoms with E-state index in [1.54, 1.807) is 0 Å².